The molecule has 2 aliphatic rings. The van der Waals surface area contributed by atoms with Crippen LogP contribution < -0.4 is 0 Å². The van der Waals surface area contributed by atoms with Crippen molar-refractivity contribution in [2.45, 2.75) is 0 Å². The minimum Gasteiger partial charge on any atom is -0.270 e. The molecule has 12 heavy (non-hydrogen) atoms. The first-order chi connectivity index (χ1) is 5.77. The van der Waals surface area contributed by atoms with Crippen LogP contribution in [0.25, 0.3) is 0 Å². The van der Waals surface area contributed by atoms with Gasteiger partial charge in [0.1, 0.15) is 0 Å². The Hall–Kier alpha value is -1.03. The number of rotatable bonds is 0. The Morgan fingerprint density at radius 2 is 2.25 bits per heavy atom. The van der Waals surface area contributed by atoms with Crippen molar-refractivity contribution < 1.29 is 4.79 Å². The number of nitrogens with zero attached hydrogens (tertiary/aromatic N) is 2. The van der Waals surface area contributed by atoms with Crippen molar-refractivity contribution in [2.75, 3.05) is 0 Å². The highest BCUT2D eigenvalue weighted by Crippen LogP contribution is 2.28. The molecule has 1 atom stereocenters. The van der Waals surface area contributed by atoms with E-state index >= 15 is 0 Å². The molecule has 0 saturated heterocycles. The predicted octanol–water partition coefficient (Wildman–Crippen LogP) is 2.33. The lowest BCUT2D eigenvalue weighted by atomic mass is 9.94. The number of fused-ring (bicyclic) bond motifs is 1. The van der Waals surface area contributed by atoms with Crippen molar-refractivity contribution in [1.29, 1.82) is 0 Å². The summed E-state index contributed by atoms with van der Waals surface area (Å²) in [6.45, 7) is 0. The van der Waals surface area contributed by atoms with Crippen molar-refractivity contribution in [3.8, 4) is 0 Å². The van der Waals surface area contributed by atoms with E-state index in [0.717, 1.165) is 10.1 Å². The lowest BCUT2D eigenvalue weighted by Gasteiger charge is -2.15. The number of hydrogen-bond donors (Lipinski definition) is 0. The van der Waals surface area contributed by atoms with Crippen LogP contribution in [0.5, 0.6) is 0 Å². The van der Waals surface area contributed by atoms with E-state index in [1.54, 1.807) is 6.20 Å². The molecule has 1 aliphatic carbocycles. The van der Waals surface area contributed by atoms with Gasteiger partial charge in [-0.2, -0.15) is 5.11 Å². The third-order valence-electron chi connectivity index (χ3n) is 1.75. The summed E-state index contributed by atoms with van der Waals surface area (Å²) in [5, 5.41) is 7.04. The van der Waals surface area contributed by atoms with Crippen LogP contribution in [0.15, 0.2) is 44.7 Å². The second-order valence-corrected chi connectivity index (χ2v) is 3.46. The Bertz CT molecular complexity index is 352. The molecule has 1 aliphatic heterocycles. The van der Waals surface area contributed by atoms with Gasteiger partial charge in [-0.3, -0.25) is 4.79 Å². The number of carbonyl (C=O) groups excluding carboxylic acids is 1. The maximum atomic E-state index is 11.2. The summed E-state index contributed by atoms with van der Waals surface area (Å²) in [7, 11) is 0. The van der Waals surface area contributed by atoms with Crippen molar-refractivity contribution >= 4 is 21.8 Å². The lowest BCUT2D eigenvalue weighted by molar-refractivity contribution is -0.120. The highest BCUT2D eigenvalue weighted by molar-refractivity contribution is 9.11. The third kappa shape index (κ3) is 1.18. The van der Waals surface area contributed by atoms with Crippen molar-refractivity contribution in [2.24, 2.45) is 16.1 Å². The standard InChI is InChI=1S/C8H5BrN2O/c9-6-2-1-5-4-10-11-8(12)7(5)3-6/h1-4,7H. The molecule has 0 aromatic rings. The van der Waals surface area contributed by atoms with E-state index in [4.69, 9.17) is 0 Å². The zero-order chi connectivity index (χ0) is 8.55. The van der Waals surface area contributed by atoms with Gasteiger partial charge in [-0.25, -0.2) is 0 Å². The minimum atomic E-state index is -0.234. The second kappa shape index (κ2) is 2.79. The van der Waals surface area contributed by atoms with Gasteiger partial charge < -0.3 is 0 Å². The quantitative estimate of drug-likeness (QED) is 0.623. The van der Waals surface area contributed by atoms with Gasteiger partial charge in [0.2, 0.25) is 0 Å². The molecule has 0 aromatic heterocycles. The molecule has 2 rings (SSSR count). The van der Waals surface area contributed by atoms with E-state index in [1.165, 1.54) is 0 Å². The SMILES string of the molecule is O=C1N=NC=C2C=CC(Br)=CC12. The number of allylic oxidation sites excluding steroid dienone is 3. The highest BCUT2D eigenvalue weighted by atomic mass is 79.9. The van der Waals surface area contributed by atoms with Gasteiger partial charge in [-0.15, -0.1) is 5.11 Å². The Kier molecular flexibility index (Phi) is 1.77. The Balaban J connectivity index is 2.43. The van der Waals surface area contributed by atoms with E-state index in [0.29, 0.717) is 0 Å². The Morgan fingerprint density at radius 1 is 1.42 bits per heavy atom. The maximum Gasteiger partial charge on any atom is 0.275 e. The molecule has 1 unspecified atom stereocenters. The number of amides is 1. The molecule has 0 bridgehead atoms. The number of halogens is 1. The summed E-state index contributed by atoms with van der Waals surface area (Å²) in [5.74, 6) is -0.435. The van der Waals surface area contributed by atoms with Crippen LogP contribution in [0.2, 0.25) is 0 Å². The van der Waals surface area contributed by atoms with Crippen molar-refractivity contribution in [1.82, 2.24) is 0 Å². The molecular formula is C8H5BrN2O. The summed E-state index contributed by atoms with van der Waals surface area (Å²) in [5.41, 5.74) is 0.901. The molecule has 0 radical (unpaired) electrons. The number of azo groups is 1. The minimum absolute atomic E-state index is 0.200. The molecule has 0 N–H and O–H groups in total. The molecule has 1 amide bonds. The Labute approximate surface area is 77.7 Å². The summed E-state index contributed by atoms with van der Waals surface area (Å²) < 4.78 is 0.912. The smallest absolute Gasteiger partial charge is 0.270 e. The third-order valence-corrected chi connectivity index (χ3v) is 2.28. The molecule has 3 nitrogen and oxygen atoms in total. The van der Waals surface area contributed by atoms with Gasteiger partial charge in [0.05, 0.1) is 12.1 Å². The summed E-state index contributed by atoms with van der Waals surface area (Å²) in [4.78, 5) is 11.2. The van der Waals surface area contributed by atoms with Crippen LogP contribution in [0, 0.1) is 5.92 Å². The summed E-state index contributed by atoms with van der Waals surface area (Å²) in [6, 6.07) is 0. The fourth-order valence-corrected chi connectivity index (χ4v) is 1.54. The first kappa shape index (κ1) is 7.61. The topological polar surface area (TPSA) is 41.8 Å². The van der Waals surface area contributed by atoms with Crippen molar-refractivity contribution in [3.63, 3.8) is 0 Å². The molecule has 0 saturated carbocycles. The monoisotopic (exact) mass is 224 g/mol. The maximum absolute atomic E-state index is 11.2. The van der Waals surface area contributed by atoms with Gasteiger partial charge in [-0.05, 0) is 11.6 Å². The fraction of sp³-hybridized carbons (Fsp3) is 0.125. The molecule has 0 fully saturated rings. The molecule has 0 spiro atoms. The van der Waals surface area contributed by atoms with Gasteiger partial charge in [0.25, 0.3) is 5.91 Å². The first-order valence-electron chi connectivity index (χ1n) is 3.47. The fourth-order valence-electron chi connectivity index (χ4n) is 1.14. The molecule has 60 valence electrons. The molecule has 4 heteroatoms. The highest BCUT2D eigenvalue weighted by Gasteiger charge is 2.23. The summed E-state index contributed by atoms with van der Waals surface area (Å²) in [6.07, 6.45) is 7.19. The van der Waals surface area contributed by atoms with Crippen LogP contribution in [-0.4, -0.2) is 5.91 Å². The lowest BCUT2D eigenvalue weighted by Crippen LogP contribution is -2.15. The van der Waals surface area contributed by atoms with Gasteiger partial charge >= 0.3 is 0 Å². The van der Waals surface area contributed by atoms with Crippen LogP contribution in [0.1, 0.15) is 0 Å². The largest absolute Gasteiger partial charge is 0.275 e. The van der Waals surface area contributed by atoms with E-state index in [9.17, 15) is 4.79 Å². The van der Waals surface area contributed by atoms with Crippen LogP contribution >= 0.6 is 15.9 Å². The summed E-state index contributed by atoms with van der Waals surface area (Å²) >= 11 is 3.30. The van der Waals surface area contributed by atoms with Gasteiger partial charge in [-0.1, -0.05) is 28.1 Å². The zero-order valence-corrected chi connectivity index (χ0v) is 7.65. The second-order valence-electron chi connectivity index (χ2n) is 2.55. The Morgan fingerprint density at radius 3 is 3.08 bits per heavy atom. The number of hydrogen-bond acceptors (Lipinski definition) is 2. The van der Waals surface area contributed by atoms with Crippen molar-refractivity contribution in [3.05, 3.63) is 34.5 Å². The van der Waals surface area contributed by atoms with Crippen LogP contribution in [0.4, 0.5) is 0 Å². The van der Waals surface area contributed by atoms with E-state index in [1.807, 2.05) is 18.2 Å². The molecule has 1 heterocycles. The van der Waals surface area contributed by atoms with Crippen LogP contribution in [0.3, 0.4) is 0 Å². The predicted molar refractivity (Wildman–Crippen MR) is 47.6 cm³/mol. The average Bonchev–Trinajstić information content (AvgIpc) is 2.07. The zero-order valence-electron chi connectivity index (χ0n) is 6.07. The van der Waals surface area contributed by atoms with Crippen LogP contribution in [-0.2, 0) is 4.79 Å². The normalized spacial score (nSPS) is 26.4. The molecular weight excluding hydrogens is 220 g/mol. The first-order valence-corrected chi connectivity index (χ1v) is 4.27. The number of carbonyl (C=O) groups is 1. The van der Waals surface area contributed by atoms with Gasteiger partial charge in [0, 0.05) is 4.48 Å². The molecule has 0 aromatic carbocycles. The van der Waals surface area contributed by atoms with E-state index in [-0.39, 0.29) is 11.8 Å². The van der Waals surface area contributed by atoms with Gasteiger partial charge in [0.15, 0.2) is 0 Å². The van der Waals surface area contributed by atoms with E-state index in [2.05, 4.69) is 26.2 Å². The van der Waals surface area contributed by atoms with E-state index < -0.39 is 0 Å². The average molecular weight is 225 g/mol.